The highest BCUT2D eigenvalue weighted by molar-refractivity contribution is 5.21. The molecule has 0 atom stereocenters. The molecule has 1 aromatic carbocycles. The highest BCUT2D eigenvalue weighted by Crippen LogP contribution is 2.02. The number of alkyl halides is 2. The van der Waals surface area contributed by atoms with Gasteiger partial charge < -0.3 is 5.11 Å². The van der Waals surface area contributed by atoms with Crippen molar-refractivity contribution in [3.05, 3.63) is 35.4 Å². The lowest BCUT2D eigenvalue weighted by Crippen LogP contribution is -1.81. The zero-order chi connectivity index (χ0) is 11.4. The van der Waals surface area contributed by atoms with Crippen LogP contribution in [0, 0.1) is 6.92 Å². The maximum absolute atomic E-state index is 9.62. The predicted octanol–water partition coefficient (Wildman–Crippen LogP) is 3.40. The van der Waals surface area contributed by atoms with Gasteiger partial charge in [-0.2, -0.15) is 0 Å². The average Bonchev–Trinajstić information content (AvgIpc) is 2.22. The van der Waals surface area contributed by atoms with Crippen LogP contribution in [0.3, 0.4) is 0 Å². The van der Waals surface area contributed by atoms with Gasteiger partial charge in [0.05, 0.1) is 6.61 Å². The molecule has 0 aliphatic carbocycles. The third-order valence-electron chi connectivity index (χ3n) is 1.27. The van der Waals surface area contributed by atoms with Gasteiger partial charge in [0.1, 0.15) is 0 Å². The SMILES string of the molecule is CC.Cc1cccc(CO)c1.FCF. The third kappa shape index (κ3) is 9.13. The smallest absolute Gasteiger partial charge is 0.229 e. The Bertz CT molecular complexity index is 214. The Labute approximate surface area is 84.4 Å². The molecule has 1 N–H and O–H groups in total. The minimum absolute atomic E-state index is 0.141. The summed E-state index contributed by atoms with van der Waals surface area (Å²) in [7, 11) is 0. The Morgan fingerprint density at radius 2 is 1.71 bits per heavy atom. The molecule has 0 spiro atoms. The zero-order valence-corrected chi connectivity index (χ0v) is 8.93. The van der Waals surface area contributed by atoms with E-state index in [1.165, 1.54) is 5.56 Å². The molecule has 0 saturated carbocycles. The van der Waals surface area contributed by atoms with Crippen LogP contribution >= 0.6 is 0 Å². The van der Waals surface area contributed by atoms with E-state index in [1.807, 2.05) is 45.0 Å². The molecule has 82 valence electrons. The van der Waals surface area contributed by atoms with Gasteiger partial charge in [0.15, 0.2) is 0 Å². The molecule has 0 saturated heterocycles. The van der Waals surface area contributed by atoms with Crippen molar-refractivity contribution >= 4 is 0 Å². The van der Waals surface area contributed by atoms with Gasteiger partial charge in [-0.05, 0) is 12.5 Å². The summed E-state index contributed by atoms with van der Waals surface area (Å²) in [5.41, 5.74) is 2.18. The molecule has 14 heavy (non-hydrogen) atoms. The van der Waals surface area contributed by atoms with Crippen LogP contribution in [0.5, 0.6) is 0 Å². The lowest BCUT2D eigenvalue weighted by Gasteiger charge is -1.94. The number of hydrogen-bond donors (Lipinski definition) is 1. The normalized spacial score (nSPS) is 7.86. The minimum atomic E-state index is -1.75. The Morgan fingerprint density at radius 3 is 2.00 bits per heavy atom. The van der Waals surface area contributed by atoms with Crippen molar-refractivity contribution in [3.63, 3.8) is 0 Å². The van der Waals surface area contributed by atoms with Crippen molar-refractivity contribution in [2.75, 3.05) is 6.93 Å². The predicted molar refractivity (Wildman–Crippen MR) is 55.5 cm³/mol. The van der Waals surface area contributed by atoms with Crippen LogP contribution in [0.15, 0.2) is 24.3 Å². The number of benzene rings is 1. The molecule has 1 nitrogen and oxygen atoms in total. The fourth-order valence-corrected chi connectivity index (χ4v) is 0.810. The molecule has 0 aliphatic heterocycles. The molecular formula is C11H18F2O. The van der Waals surface area contributed by atoms with Crippen LogP contribution in [0.2, 0.25) is 0 Å². The molecule has 1 rings (SSSR count). The molecule has 0 bridgehead atoms. The van der Waals surface area contributed by atoms with Gasteiger partial charge in [-0.1, -0.05) is 43.7 Å². The quantitative estimate of drug-likeness (QED) is 0.743. The Kier molecular flexibility index (Phi) is 13.3. The topological polar surface area (TPSA) is 20.2 Å². The largest absolute Gasteiger partial charge is 0.392 e. The van der Waals surface area contributed by atoms with Crippen LogP contribution in [-0.2, 0) is 6.61 Å². The lowest BCUT2D eigenvalue weighted by molar-refractivity contribution is 0.282. The van der Waals surface area contributed by atoms with Crippen LogP contribution in [0.25, 0.3) is 0 Å². The molecule has 0 amide bonds. The van der Waals surface area contributed by atoms with Gasteiger partial charge in [0.2, 0.25) is 6.93 Å². The maximum Gasteiger partial charge on any atom is 0.229 e. The Balaban J connectivity index is 0. The standard InChI is InChI=1S/C8H10O.C2H6.CH2F2/c1-7-3-2-4-8(5-7)6-9;1-2;2-1-3/h2-5,9H,6H2,1H3;1-2H3;1H2. The average molecular weight is 204 g/mol. The fourth-order valence-electron chi connectivity index (χ4n) is 0.810. The molecule has 1 aromatic rings. The maximum atomic E-state index is 9.62. The number of aryl methyl sites for hydroxylation is 1. The molecule has 0 radical (unpaired) electrons. The monoisotopic (exact) mass is 204 g/mol. The summed E-state index contributed by atoms with van der Waals surface area (Å²) >= 11 is 0. The molecule has 0 unspecified atom stereocenters. The molecule has 0 fully saturated rings. The van der Waals surface area contributed by atoms with Crippen molar-refractivity contribution in [1.29, 1.82) is 0 Å². The summed E-state index contributed by atoms with van der Waals surface area (Å²) in [5, 5.41) is 8.66. The second-order valence-corrected chi connectivity index (χ2v) is 2.25. The first-order valence-electron chi connectivity index (χ1n) is 4.53. The van der Waals surface area contributed by atoms with Crippen molar-refractivity contribution in [2.24, 2.45) is 0 Å². The van der Waals surface area contributed by atoms with Crippen LogP contribution < -0.4 is 0 Å². The number of aliphatic hydroxyl groups is 1. The zero-order valence-electron chi connectivity index (χ0n) is 8.93. The highest BCUT2D eigenvalue weighted by atomic mass is 19.3. The molecule has 3 heteroatoms. The minimum Gasteiger partial charge on any atom is -0.392 e. The molecule has 0 aromatic heterocycles. The number of halogens is 2. The summed E-state index contributed by atoms with van der Waals surface area (Å²) in [4.78, 5) is 0. The summed E-state index contributed by atoms with van der Waals surface area (Å²) < 4.78 is 19.2. The lowest BCUT2D eigenvalue weighted by atomic mass is 10.1. The van der Waals surface area contributed by atoms with Crippen molar-refractivity contribution in [3.8, 4) is 0 Å². The molecule has 0 aliphatic rings. The van der Waals surface area contributed by atoms with Crippen LogP contribution in [0.4, 0.5) is 8.78 Å². The van der Waals surface area contributed by atoms with E-state index < -0.39 is 6.93 Å². The first-order chi connectivity index (χ1) is 6.74. The van der Waals surface area contributed by atoms with Crippen LogP contribution in [0.1, 0.15) is 25.0 Å². The van der Waals surface area contributed by atoms with Gasteiger partial charge in [-0.3, -0.25) is 0 Å². The first-order valence-corrected chi connectivity index (χ1v) is 4.53. The molecule has 0 heterocycles. The summed E-state index contributed by atoms with van der Waals surface area (Å²) in [6, 6.07) is 7.84. The van der Waals surface area contributed by atoms with Gasteiger partial charge in [0.25, 0.3) is 0 Å². The highest BCUT2D eigenvalue weighted by Gasteiger charge is 1.86. The summed E-state index contributed by atoms with van der Waals surface area (Å²) in [6.45, 7) is 4.40. The Hall–Kier alpha value is -0.960. The van der Waals surface area contributed by atoms with E-state index in [0.29, 0.717) is 0 Å². The van der Waals surface area contributed by atoms with E-state index in [-0.39, 0.29) is 6.61 Å². The van der Waals surface area contributed by atoms with Gasteiger partial charge in [0, 0.05) is 0 Å². The number of rotatable bonds is 1. The summed E-state index contributed by atoms with van der Waals surface area (Å²) in [5.74, 6) is 0. The van der Waals surface area contributed by atoms with Gasteiger partial charge in [-0.15, -0.1) is 0 Å². The van der Waals surface area contributed by atoms with Gasteiger partial charge in [-0.25, -0.2) is 8.78 Å². The van der Waals surface area contributed by atoms with E-state index in [1.54, 1.807) is 0 Å². The first kappa shape index (κ1) is 15.5. The van der Waals surface area contributed by atoms with Crippen molar-refractivity contribution in [1.82, 2.24) is 0 Å². The molecular weight excluding hydrogens is 186 g/mol. The van der Waals surface area contributed by atoms with Gasteiger partial charge >= 0.3 is 0 Å². The van der Waals surface area contributed by atoms with Crippen molar-refractivity contribution < 1.29 is 13.9 Å². The van der Waals surface area contributed by atoms with E-state index in [4.69, 9.17) is 5.11 Å². The van der Waals surface area contributed by atoms with Crippen molar-refractivity contribution in [2.45, 2.75) is 27.4 Å². The second-order valence-electron chi connectivity index (χ2n) is 2.25. The number of hydrogen-bond acceptors (Lipinski definition) is 1. The van der Waals surface area contributed by atoms with E-state index >= 15 is 0 Å². The third-order valence-corrected chi connectivity index (χ3v) is 1.27. The Morgan fingerprint density at radius 1 is 1.21 bits per heavy atom. The fraction of sp³-hybridized carbons (Fsp3) is 0.455. The van der Waals surface area contributed by atoms with E-state index in [2.05, 4.69) is 0 Å². The number of aliphatic hydroxyl groups excluding tert-OH is 1. The van der Waals surface area contributed by atoms with E-state index in [9.17, 15) is 8.78 Å². The van der Waals surface area contributed by atoms with E-state index in [0.717, 1.165) is 5.56 Å². The summed E-state index contributed by atoms with van der Waals surface area (Å²) in [6.07, 6.45) is 0. The second kappa shape index (κ2) is 12.0. The van der Waals surface area contributed by atoms with Crippen LogP contribution in [-0.4, -0.2) is 12.0 Å².